The monoisotopic (exact) mass is 286 g/mol. The molecule has 0 radical (unpaired) electrons. The second-order valence-electron chi connectivity index (χ2n) is 4.63. The summed E-state index contributed by atoms with van der Waals surface area (Å²) < 4.78 is 2.84. The predicted molar refractivity (Wildman–Crippen MR) is 73.9 cm³/mol. The van der Waals surface area contributed by atoms with Crippen molar-refractivity contribution in [2.75, 3.05) is 0 Å². The first-order chi connectivity index (χ1) is 9.63. The summed E-state index contributed by atoms with van der Waals surface area (Å²) in [5, 5.41) is 18.0. The van der Waals surface area contributed by atoms with Crippen LogP contribution in [0.15, 0.2) is 29.1 Å². The number of hydrogen-bond acceptors (Lipinski definition) is 3. The van der Waals surface area contributed by atoms with Gasteiger partial charge in [-0.05, 0) is 37.1 Å². The number of hydrogen-bond donors (Lipinski definition) is 1. The highest BCUT2D eigenvalue weighted by molar-refractivity contribution is 6.30. The van der Waals surface area contributed by atoms with Gasteiger partial charge in [-0.2, -0.15) is 5.26 Å². The standard InChI is InChI=1S/C14H11ClN4O/c15-9-3-5-10(6-4-9)19-13(17)11(8-16)12-2-1-7-18(12)14(19)20/h3-6,17H,1-2,7H2. The minimum atomic E-state index is -0.274. The Morgan fingerprint density at radius 1 is 1.30 bits per heavy atom. The predicted octanol–water partition coefficient (Wildman–Crippen LogP) is 1.59. The summed E-state index contributed by atoms with van der Waals surface area (Å²) in [7, 11) is 0. The van der Waals surface area contributed by atoms with Gasteiger partial charge in [0.05, 0.1) is 5.69 Å². The number of nitriles is 1. The van der Waals surface area contributed by atoms with Crippen LogP contribution >= 0.6 is 11.6 Å². The topological polar surface area (TPSA) is 74.6 Å². The van der Waals surface area contributed by atoms with Crippen LogP contribution in [0.3, 0.4) is 0 Å². The van der Waals surface area contributed by atoms with Gasteiger partial charge in [-0.15, -0.1) is 0 Å². The van der Waals surface area contributed by atoms with Gasteiger partial charge >= 0.3 is 5.69 Å². The van der Waals surface area contributed by atoms with E-state index in [0.717, 1.165) is 6.42 Å². The molecule has 3 rings (SSSR count). The van der Waals surface area contributed by atoms with Gasteiger partial charge in [0.15, 0.2) is 5.49 Å². The molecule has 0 saturated carbocycles. The van der Waals surface area contributed by atoms with Crippen molar-refractivity contribution in [3.05, 3.63) is 56.5 Å². The maximum Gasteiger partial charge on any atom is 0.334 e. The number of halogens is 1. The third kappa shape index (κ3) is 1.77. The van der Waals surface area contributed by atoms with Crippen molar-refractivity contribution in [2.24, 2.45) is 0 Å². The largest absolute Gasteiger partial charge is 0.334 e. The van der Waals surface area contributed by atoms with Gasteiger partial charge in [0.25, 0.3) is 0 Å². The fourth-order valence-electron chi connectivity index (χ4n) is 2.56. The maximum atomic E-state index is 12.5. The van der Waals surface area contributed by atoms with Crippen LogP contribution in [-0.4, -0.2) is 9.13 Å². The number of fused-ring (bicyclic) bond motifs is 1. The van der Waals surface area contributed by atoms with Crippen LogP contribution in [0.2, 0.25) is 5.02 Å². The summed E-state index contributed by atoms with van der Waals surface area (Å²) in [6, 6.07) is 8.71. The van der Waals surface area contributed by atoms with Crippen LogP contribution in [-0.2, 0) is 13.0 Å². The molecule has 20 heavy (non-hydrogen) atoms. The van der Waals surface area contributed by atoms with E-state index >= 15 is 0 Å². The van der Waals surface area contributed by atoms with E-state index in [-0.39, 0.29) is 16.7 Å². The maximum absolute atomic E-state index is 12.5. The Hall–Kier alpha value is -2.32. The Bertz CT molecular complexity index is 840. The lowest BCUT2D eigenvalue weighted by molar-refractivity contribution is 0.653. The van der Waals surface area contributed by atoms with Crippen molar-refractivity contribution < 1.29 is 0 Å². The molecule has 6 heteroatoms. The summed E-state index contributed by atoms with van der Waals surface area (Å²) in [6.07, 6.45) is 1.50. The summed E-state index contributed by atoms with van der Waals surface area (Å²) in [5.41, 5.74) is 1.16. The van der Waals surface area contributed by atoms with E-state index < -0.39 is 0 Å². The third-order valence-corrected chi connectivity index (χ3v) is 3.74. The molecular weight excluding hydrogens is 276 g/mol. The van der Waals surface area contributed by atoms with E-state index in [4.69, 9.17) is 17.0 Å². The Morgan fingerprint density at radius 2 is 2.00 bits per heavy atom. The molecule has 0 fully saturated rings. The SMILES string of the molecule is N#Cc1c2n(c(=O)n(-c3ccc(Cl)cc3)c1=N)CCC2. The quantitative estimate of drug-likeness (QED) is 0.864. The van der Waals surface area contributed by atoms with E-state index in [9.17, 15) is 10.1 Å². The van der Waals surface area contributed by atoms with Gasteiger partial charge in [0.1, 0.15) is 11.6 Å². The molecule has 0 saturated heterocycles. The Balaban J connectivity index is 2.38. The van der Waals surface area contributed by atoms with Crippen LogP contribution in [0.25, 0.3) is 5.69 Å². The molecular formula is C14H11ClN4O. The molecule has 0 amide bonds. The Kier molecular flexibility index (Phi) is 2.96. The normalized spacial score (nSPS) is 13.0. The molecule has 1 aliphatic heterocycles. The van der Waals surface area contributed by atoms with Crippen LogP contribution in [0.5, 0.6) is 0 Å². The number of aromatic nitrogens is 2. The van der Waals surface area contributed by atoms with Crippen LogP contribution in [0.1, 0.15) is 17.7 Å². The van der Waals surface area contributed by atoms with E-state index in [1.165, 1.54) is 4.57 Å². The number of nitrogens with one attached hydrogen (secondary N) is 1. The molecule has 0 bridgehead atoms. The number of nitrogens with zero attached hydrogens (tertiary/aromatic N) is 3. The minimum absolute atomic E-state index is 0.0621. The molecule has 0 atom stereocenters. The highest BCUT2D eigenvalue weighted by Crippen LogP contribution is 2.15. The van der Waals surface area contributed by atoms with Crippen LogP contribution in [0.4, 0.5) is 0 Å². The lowest BCUT2D eigenvalue weighted by Crippen LogP contribution is -2.40. The zero-order valence-electron chi connectivity index (χ0n) is 10.6. The first kappa shape index (κ1) is 12.7. The van der Waals surface area contributed by atoms with Crippen molar-refractivity contribution in [1.82, 2.24) is 9.13 Å². The minimum Gasteiger partial charge on any atom is -0.296 e. The fraction of sp³-hybridized carbons (Fsp3) is 0.214. The molecule has 2 heterocycles. The van der Waals surface area contributed by atoms with Gasteiger partial charge in [-0.3, -0.25) is 9.98 Å². The molecule has 0 spiro atoms. The Labute approximate surface area is 119 Å². The van der Waals surface area contributed by atoms with Crippen molar-refractivity contribution in [2.45, 2.75) is 19.4 Å². The molecule has 1 aliphatic rings. The third-order valence-electron chi connectivity index (χ3n) is 3.49. The van der Waals surface area contributed by atoms with Gasteiger partial charge in [0.2, 0.25) is 0 Å². The fourth-order valence-corrected chi connectivity index (χ4v) is 2.68. The first-order valence-corrected chi connectivity index (χ1v) is 6.60. The van der Waals surface area contributed by atoms with Crippen molar-refractivity contribution in [1.29, 1.82) is 10.7 Å². The average molecular weight is 287 g/mol. The highest BCUT2D eigenvalue weighted by atomic mass is 35.5. The van der Waals surface area contributed by atoms with Gasteiger partial charge < -0.3 is 0 Å². The summed E-state index contributed by atoms with van der Waals surface area (Å²) in [4.78, 5) is 12.5. The number of benzene rings is 1. The highest BCUT2D eigenvalue weighted by Gasteiger charge is 2.21. The summed E-state index contributed by atoms with van der Waals surface area (Å²) >= 11 is 5.84. The van der Waals surface area contributed by atoms with E-state index in [2.05, 4.69) is 6.07 Å². The van der Waals surface area contributed by atoms with E-state index in [0.29, 0.717) is 29.4 Å². The molecule has 100 valence electrons. The van der Waals surface area contributed by atoms with E-state index in [1.807, 2.05) is 0 Å². The zero-order valence-corrected chi connectivity index (χ0v) is 11.3. The molecule has 1 aromatic carbocycles. The van der Waals surface area contributed by atoms with Crippen molar-refractivity contribution >= 4 is 11.6 Å². The first-order valence-electron chi connectivity index (χ1n) is 6.23. The zero-order chi connectivity index (χ0) is 14.3. The van der Waals surface area contributed by atoms with Crippen molar-refractivity contribution in [3.63, 3.8) is 0 Å². The summed E-state index contributed by atoms with van der Waals surface area (Å²) in [5.74, 6) is 0. The van der Waals surface area contributed by atoms with Crippen LogP contribution < -0.4 is 11.2 Å². The molecule has 0 unspecified atom stereocenters. The van der Waals surface area contributed by atoms with Gasteiger partial charge in [0, 0.05) is 17.3 Å². The molecule has 0 aliphatic carbocycles. The Morgan fingerprint density at radius 3 is 2.65 bits per heavy atom. The second kappa shape index (κ2) is 4.66. The smallest absolute Gasteiger partial charge is 0.296 e. The molecule has 1 aromatic heterocycles. The van der Waals surface area contributed by atoms with Crippen molar-refractivity contribution in [3.8, 4) is 11.8 Å². The molecule has 2 aromatic rings. The summed E-state index contributed by atoms with van der Waals surface area (Å²) in [6.45, 7) is 0.594. The van der Waals surface area contributed by atoms with Crippen LogP contribution in [0, 0.1) is 16.7 Å². The lowest BCUT2D eigenvalue weighted by atomic mass is 10.2. The number of rotatable bonds is 1. The van der Waals surface area contributed by atoms with Gasteiger partial charge in [-0.1, -0.05) is 11.6 Å². The molecule has 1 N–H and O–H groups in total. The van der Waals surface area contributed by atoms with E-state index in [1.54, 1.807) is 28.8 Å². The lowest BCUT2D eigenvalue weighted by Gasteiger charge is -2.12. The average Bonchev–Trinajstić information content (AvgIpc) is 2.91. The molecule has 5 nitrogen and oxygen atoms in total. The van der Waals surface area contributed by atoms with Gasteiger partial charge in [-0.25, -0.2) is 9.36 Å². The second-order valence-corrected chi connectivity index (χ2v) is 5.07.